The van der Waals surface area contributed by atoms with E-state index in [1.165, 1.54) is 63.4 Å². The SMILES string of the molecule is C=C(C)C(=O)NC(CCCCCCCCCCC)CCc1ccccc1. The van der Waals surface area contributed by atoms with Gasteiger partial charge in [0.1, 0.15) is 0 Å². The van der Waals surface area contributed by atoms with Gasteiger partial charge in [0, 0.05) is 11.6 Å². The van der Waals surface area contributed by atoms with Crippen molar-refractivity contribution in [2.24, 2.45) is 0 Å². The molecule has 0 saturated carbocycles. The predicted octanol–water partition coefficient (Wildman–Crippen LogP) is 6.60. The minimum atomic E-state index is -0.000939. The molecule has 0 aliphatic carbocycles. The number of nitrogens with one attached hydrogen (secondary N) is 1. The van der Waals surface area contributed by atoms with Crippen LogP contribution < -0.4 is 5.32 Å². The number of aryl methyl sites for hydroxylation is 1. The second kappa shape index (κ2) is 14.6. The van der Waals surface area contributed by atoms with Crippen LogP contribution in [0.5, 0.6) is 0 Å². The van der Waals surface area contributed by atoms with Crippen LogP contribution in [0.15, 0.2) is 42.5 Å². The third kappa shape index (κ3) is 11.1. The first-order valence-electron chi connectivity index (χ1n) is 10.6. The normalized spacial score (nSPS) is 11.9. The van der Waals surface area contributed by atoms with E-state index >= 15 is 0 Å². The molecule has 0 fully saturated rings. The largest absolute Gasteiger partial charge is 0.350 e. The zero-order valence-electron chi connectivity index (χ0n) is 17.1. The maximum Gasteiger partial charge on any atom is 0.246 e. The van der Waals surface area contributed by atoms with Crippen molar-refractivity contribution in [1.82, 2.24) is 5.32 Å². The number of benzene rings is 1. The maximum absolute atomic E-state index is 12.0. The van der Waals surface area contributed by atoms with Crippen LogP contribution in [0.3, 0.4) is 0 Å². The van der Waals surface area contributed by atoms with Crippen LogP contribution in [0.2, 0.25) is 0 Å². The molecule has 0 heterocycles. The van der Waals surface area contributed by atoms with Crippen LogP contribution in [-0.4, -0.2) is 11.9 Å². The Labute approximate surface area is 161 Å². The summed E-state index contributed by atoms with van der Waals surface area (Å²) in [5.74, 6) is -0.000939. The highest BCUT2D eigenvalue weighted by Gasteiger charge is 2.12. The van der Waals surface area contributed by atoms with Gasteiger partial charge in [-0.15, -0.1) is 0 Å². The Morgan fingerprint density at radius 2 is 1.50 bits per heavy atom. The van der Waals surface area contributed by atoms with E-state index in [0.717, 1.165) is 19.3 Å². The van der Waals surface area contributed by atoms with E-state index in [9.17, 15) is 4.79 Å². The van der Waals surface area contributed by atoms with Crippen LogP contribution in [-0.2, 0) is 11.2 Å². The fourth-order valence-corrected chi connectivity index (χ4v) is 3.28. The number of unbranched alkanes of at least 4 members (excludes halogenated alkanes) is 8. The van der Waals surface area contributed by atoms with Gasteiger partial charge in [0.05, 0.1) is 0 Å². The van der Waals surface area contributed by atoms with E-state index in [4.69, 9.17) is 0 Å². The van der Waals surface area contributed by atoms with Gasteiger partial charge in [0.15, 0.2) is 0 Å². The number of hydrogen-bond acceptors (Lipinski definition) is 1. The molecular weight excluding hydrogens is 318 g/mol. The lowest BCUT2D eigenvalue weighted by atomic mass is 9.99. The van der Waals surface area contributed by atoms with Gasteiger partial charge in [-0.1, -0.05) is 102 Å². The molecule has 0 bridgehead atoms. The maximum atomic E-state index is 12.0. The summed E-state index contributed by atoms with van der Waals surface area (Å²) in [6, 6.07) is 10.8. The van der Waals surface area contributed by atoms with E-state index in [1.807, 2.05) is 6.07 Å². The van der Waals surface area contributed by atoms with E-state index in [0.29, 0.717) is 5.57 Å². The van der Waals surface area contributed by atoms with E-state index < -0.39 is 0 Å². The summed E-state index contributed by atoms with van der Waals surface area (Å²) in [7, 11) is 0. The summed E-state index contributed by atoms with van der Waals surface area (Å²) >= 11 is 0. The van der Waals surface area contributed by atoms with Crippen LogP contribution in [0.4, 0.5) is 0 Å². The summed E-state index contributed by atoms with van der Waals surface area (Å²) in [6.45, 7) is 7.81. The molecule has 0 saturated heterocycles. The van der Waals surface area contributed by atoms with Crippen LogP contribution in [0.1, 0.15) is 90.0 Å². The first-order chi connectivity index (χ1) is 12.6. The van der Waals surface area contributed by atoms with E-state index in [2.05, 4.69) is 43.1 Å². The first kappa shape index (κ1) is 22.5. The predicted molar refractivity (Wildman–Crippen MR) is 113 cm³/mol. The molecule has 0 aromatic heterocycles. The lowest BCUT2D eigenvalue weighted by Gasteiger charge is -2.19. The molecule has 0 spiro atoms. The highest BCUT2D eigenvalue weighted by Crippen LogP contribution is 2.14. The highest BCUT2D eigenvalue weighted by molar-refractivity contribution is 5.92. The third-order valence-corrected chi connectivity index (χ3v) is 5.00. The summed E-state index contributed by atoms with van der Waals surface area (Å²) in [6.07, 6.45) is 15.1. The standard InChI is InChI=1S/C24H39NO/c1-4-5-6-7-8-9-10-11-15-18-23(25-24(26)21(2)3)20-19-22-16-13-12-14-17-22/h12-14,16-17,23H,2,4-11,15,18-20H2,1,3H3,(H,25,26). The van der Waals surface area contributed by atoms with Crippen LogP contribution >= 0.6 is 0 Å². The number of carbonyl (C=O) groups excluding carboxylic acids is 1. The molecule has 2 heteroatoms. The Morgan fingerprint density at radius 1 is 0.923 bits per heavy atom. The van der Waals surface area contributed by atoms with Crippen molar-refractivity contribution in [3.8, 4) is 0 Å². The quantitative estimate of drug-likeness (QED) is 0.278. The second-order valence-electron chi connectivity index (χ2n) is 7.59. The zero-order chi connectivity index (χ0) is 19.0. The Kier molecular flexibility index (Phi) is 12.6. The topological polar surface area (TPSA) is 29.1 Å². The van der Waals surface area contributed by atoms with E-state index in [-0.39, 0.29) is 11.9 Å². The monoisotopic (exact) mass is 357 g/mol. The Bertz CT molecular complexity index is 494. The molecule has 0 radical (unpaired) electrons. The van der Waals surface area contributed by atoms with Crippen molar-refractivity contribution >= 4 is 5.91 Å². The van der Waals surface area contributed by atoms with E-state index in [1.54, 1.807) is 6.92 Å². The molecule has 26 heavy (non-hydrogen) atoms. The van der Waals surface area contributed by atoms with Gasteiger partial charge in [-0.25, -0.2) is 0 Å². The Hall–Kier alpha value is -1.57. The molecule has 1 aromatic carbocycles. The molecule has 1 unspecified atom stereocenters. The molecular formula is C24H39NO. The van der Waals surface area contributed by atoms with Gasteiger partial charge in [-0.05, 0) is 31.7 Å². The zero-order valence-corrected chi connectivity index (χ0v) is 17.1. The smallest absolute Gasteiger partial charge is 0.246 e. The fraction of sp³-hybridized carbons (Fsp3) is 0.625. The number of hydrogen-bond donors (Lipinski definition) is 1. The average molecular weight is 358 g/mol. The van der Waals surface area contributed by atoms with Gasteiger partial charge < -0.3 is 5.32 Å². The van der Waals surface area contributed by atoms with Crippen molar-refractivity contribution < 1.29 is 4.79 Å². The molecule has 0 aliphatic rings. The van der Waals surface area contributed by atoms with Crippen molar-refractivity contribution in [2.75, 3.05) is 0 Å². The molecule has 0 aliphatic heterocycles. The van der Waals surface area contributed by atoms with Crippen molar-refractivity contribution in [3.63, 3.8) is 0 Å². The second-order valence-corrected chi connectivity index (χ2v) is 7.59. The Morgan fingerprint density at radius 3 is 2.08 bits per heavy atom. The molecule has 1 aromatic rings. The molecule has 1 amide bonds. The highest BCUT2D eigenvalue weighted by atomic mass is 16.1. The molecule has 1 atom stereocenters. The Balaban J connectivity index is 2.26. The van der Waals surface area contributed by atoms with Gasteiger partial charge in [-0.3, -0.25) is 4.79 Å². The van der Waals surface area contributed by atoms with Crippen molar-refractivity contribution in [3.05, 3.63) is 48.0 Å². The summed E-state index contributed by atoms with van der Waals surface area (Å²) in [5, 5.41) is 3.17. The van der Waals surface area contributed by atoms with Crippen LogP contribution in [0.25, 0.3) is 0 Å². The average Bonchev–Trinajstić information content (AvgIpc) is 2.65. The summed E-state index contributed by atoms with van der Waals surface area (Å²) in [5.41, 5.74) is 1.94. The minimum Gasteiger partial charge on any atom is -0.350 e. The van der Waals surface area contributed by atoms with Gasteiger partial charge in [0.25, 0.3) is 0 Å². The molecule has 2 nitrogen and oxygen atoms in total. The molecule has 1 N–H and O–H groups in total. The summed E-state index contributed by atoms with van der Waals surface area (Å²) < 4.78 is 0. The first-order valence-corrected chi connectivity index (χ1v) is 10.6. The van der Waals surface area contributed by atoms with Crippen molar-refractivity contribution in [2.45, 2.75) is 96.9 Å². The molecule has 1 rings (SSSR count). The lowest BCUT2D eigenvalue weighted by molar-refractivity contribution is -0.118. The fourth-order valence-electron chi connectivity index (χ4n) is 3.28. The third-order valence-electron chi connectivity index (χ3n) is 5.00. The van der Waals surface area contributed by atoms with Crippen LogP contribution in [0, 0.1) is 0 Å². The minimum absolute atomic E-state index is 0.000939. The summed E-state index contributed by atoms with van der Waals surface area (Å²) in [4.78, 5) is 12.0. The number of carbonyl (C=O) groups is 1. The lowest BCUT2D eigenvalue weighted by Crippen LogP contribution is -2.35. The number of amides is 1. The van der Waals surface area contributed by atoms with Crippen molar-refractivity contribution in [1.29, 1.82) is 0 Å². The van der Waals surface area contributed by atoms with Gasteiger partial charge >= 0.3 is 0 Å². The van der Waals surface area contributed by atoms with Gasteiger partial charge in [-0.2, -0.15) is 0 Å². The number of rotatable bonds is 15. The molecule has 146 valence electrons. The van der Waals surface area contributed by atoms with Gasteiger partial charge in [0.2, 0.25) is 5.91 Å².